The molecule has 1 saturated heterocycles. The first kappa shape index (κ1) is 32.1. The Morgan fingerprint density at radius 1 is 1.04 bits per heavy atom. The molecule has 45 heavy (non-hydrogen) atoms. The summed E-state index contributed by atoms with van der Waals surface area (Å²) in [4.78, 5) is 31.4. The topological polar surface area (TPSA) is 120 Å². The minimum atomic E-state index is -4.74. The molecule has 0 spiro atoms. The minimum Gasteiger partial charge on any atom is -0.494 e. The first-order valence-electron chi connectivity index (χ1n) is 14.5. The number of amides is 1. The Balaban J connectivity index is 1.58. The van der Waals surface area contributed by atoms with Crippen molar-refractivity contribution in [3.63, 3.8) is 0 Å². The molecule has 5 rings (SSSR count). The number of pyridine rings is 1. The monoisotopic (exact) mass is 646 g/mol. The van der Waals surface area contributed by atoms with Crippen molar-refractivity contribution in [1.82, 2.24) is 9.88 Å². The molecule has 1 fully saturated rings. The fourth-order valence-corrected chi connectivity index (χ4v) is 7.27. The lowest BCUT2D eigenvalue weighted by Gasteiger charge is -2.42. The number of rotatable bonds is 8. The van der Waals surface area contributed by atoms with Gasteiger partial charge in [0.2, 0.25) is 5.91 Å². The Morgan fingerprint density at radius 2 is 1.82 bits per heavy atom. The predicted molar refractivity (Wildman–Crippen MR) is 161 cm³/mol. The molecule has 10 nitrogen and oxygen atoms in total. The Bertz CT molecular complexity index is 1720. The molecule has 1 atom stereocenters. The Hall–Kier alpha value is -4.33. The fraction of sp³-hybridized carbons (Fsp3) is 0.387. The van der Waals surface area contributed by atoms with Crippen molar-refractivity contribution in [3.05, 3.63) is 65.9 Å². The van der Waals surface area contributed by atoms with Crippen molar-refractivity contribution in [2.45, 2.75) is 50.2 Å². The number of ether oxygens (including phenoxy) is 1. The highest BCUT2D eigenvalue weighted by Gasteiger charge is 2.41. The number of nitrogens with zero attached hydrogens (tertiary/aromatic N) is 4. The molecule has 2 aromatic carbocycles. The van der Waals surface area contributed by atoms with Gasteiger partial charge in [-0.1, -0.05) is 12.1 Å². The van der Waals surface area contributed by atoms with Gasteiger partial charge in [0.05, 0.1) is 41.8 Å². The number of aliphatic carboxylic acids is 1. The third-order valence-corrected chi connectivity index (χ3v) is 9.67. The van der Waals surface area contributed by atoms with Crippen LogP contribution in [0, 0.1) is 6.92 Å². The zero-order valence-corrected chi connectivity index (χ0v) is 25.6. The molecule has 2 aliphatic rings. The van der Waals surface area contributed by atoms with Crippen LogP contribution in [0.3, 0.4) is 0 Å². The molecule has 1 amide bonds. The summed E-state index contributed by atoms with van der Waals surface area (Å²) >= 11 is 0. The van der Waals surface area contributed by atoms with Gasteiger partial charge in [0.25, 0.3) is 10.0 Å². The van der Waals surface area contributed by atoms with E-state index < -0.39 is 38.7 Å². The summed E-state index contributed by atoms with van der Waals surface area (Å²) in [5.74, 6) is -0.456. The van der Waals surface area contributed by atoms with E-state index >= 15 is 0 Å². The van der Waals surface area contributed by atoms with Gasteiger partial charge in [0.1, 0.15) is 5.75 Å². The average Bonchev–Trinajstić information content (AvgIpc) is 3.21. The maximum absolute atomic E-state index is 14.1. The van der Waals surface area contributed by atoms with Crippen molar-refractivity contribution in [2.75, 3.05) is 42.0 Å². The first-order valence-corrected chi connectivity index (χ1v) is 15.9. The molecular weight excluding hydrogens is 613 g/mol. The second kappa shape index (κ2) is 12.6. The number of halogens is 3. The zero-order valence-electron chi connectivity index (χ0n) is 24.7. The Morgan fingerprint density at radius 3 is 2.53 bits per heavy atom. The van der Waals surface area contributed by atoms with E-state index in [1.807, 2.05) is 36.9 Å². The molecule has 0 saturated carbocycles. The number of carbonyl (C=O) groups excluding carboxylic acids is 1. The molecule has 2 aliphatic heterocycles. The third kappa shape index (κ3) is 6.85. The van der Waals surface area contributed by atoms with Gasteiger partial charge in [0.15, 0.2) is 5.82 Å². The smallest absolute Gasteiger partial charge is 0.416 e. The molecule has 0 bridgehead atoms. The molecule has 14 heteroatoms. The van der Waals surface area contributed by atoms with Gasteiger partial charge < -0.3 is 19.6 Å². The Labute approximate surface area is 259 Å². The van der Waals surface area contributed by atoms with Crippen molar-refractivity contribution in [1.29, 1.82) is 0 Å². The lowest BCUT2D eigenvalue weighted by atomic mass is 10.0. The molecule has 0 aliphatic carbocycles. The molecule has 1 aromatic heterocycles. The molecule has 1 N–H and O–H groups in total. The predicted octanol–water partition coefficient (Wildman–Crippen LogP) is 4.96. The summed E-state index contributed by atoms with van der Waals surface area (Å²) in [5.41, 5.74) is 1.33. The number of carboxylic acids is 1. The van der Waals surface area contributed by atoms with Crippen molar-refractivity contribution >= 4 is 33.4 Å². The summed E-state index contributed by atoms with van der Waals surface area (Å²) in [7, 11) is -4.50. The van der Waals surface area contributed by atoms with E-state index in [0.717, 1.165) is 33.6 Å². The van der Waals surface area contributed by atoms with Crippen molar-refractivity contribution in [2.24, 2.45) is 0 Å². The quantitative estimate of drug-likeness (QED) is 0.365. The van der Waals surface area contributed by atoms with Crippen LogP contribution < -0.4 is 13.9 Å². The van der Waals surface area contributed by atoms with Gasteiger partial charge in [0, 0.05) is 37.8 Å². The van der Waals surface area contributed by atoms with Gasteiger partial charge >= 0.3 is 12.1 Å². The maximum Gasteiger partial charge on any atom is 0.416 e. The van der Waals surface area contributed by atoms with Crippen LogP contribution in [0.25, 0.3) is 11.1 Å². The summed E-state index contributed by atoms with van der Waals surface area (Å²) in [6.07, 6.45) is -3.25. The lowest BCUT2D eigenvalue weighted by Crippen LogP contribution is -2.51. The molecular formula is C31H33F3N4O6S. The lowest BCUT2D eigenvalue weighted by molar-refractivity contribution is -0.140. The second-order valence-corrected chi connectivity index (χ2v) is 12.9. The van der Waals surface area contributed by atoms with E-state index in [2.05, 4.69) is 4.98 Å². The third-order valence-electron chi connectivity index (χ3n) is 7.90. The van der Waals surface area contributed by atoms with Gasteiger partial charge in [-0.25, -0.2) is 13.4 Å². The number of sulfonamides is 1. The highest BCUT2D eigenvalue weighted by atomic mass is 32.2. The largest absolute Gasteiger partial charge is 0.494 e. The molecule has 240 valence electrons. The SMILES string of the molecule is CCOc1cc(C)cc(-c2cnc3c(c2)N(S(=O)(=O)c2cccc(C(F)(F)F)c2)C[C@@H]2CCN(C(=O)CCC(=O)O)CCN32)c1. The number of hydrogen-bond acceptors (Lipinski definition) is 7. The molecule has 3 aromatic rings. The van der Waals surface area contributed by atoms with E-state index in [-0.39, 0.29) is 44.1 Å². The van der Waals surface area contributed by atoms with Crippen LogP contribution >= 0.6 is 0 Å². The van der Waals surface area contributed by atoms with Crippen molar-refractivity contribution < 1.29 is 41.0 Å². The minimum absolute atomic E-state index is 0.0914. The summed E-state index contributed by atoms with van der Waals surface area (Å²) in [6.45, 7) is 4.94. The number of aryl methyl sites for hydroxylation is 1. The molecule has 3 heterocycles. The van der Waals surface area contributed by atoms with E-state index in [0.29, 0.717) is 42.8 Å². The Kier molecular flexibility index (Phi) is 8.97. The van der Waals surface area contributed by atoms with Crippen LogP contribution in [0.2, 0.25) is 0 Å². The average molecular weight is 647 g/mol. The summed E-state index contributed by atoms with van der Waals surface area (Å²) in [5, 5.41) is 9.00. The van der Waals surface area contributed by atoms with Crippen LogP contribution in [0.15, 0.2) is 59.6 Å². The summed E-state index contributed by atoms with van der Waals surface area (Å²) < 4.78 is 75.7. The van der Waals surface area contributed by atoms with Gasteiger partial charge in [-0.3, -0.25) is 13.9 Å². The molecule has 0 radical (unpaired) electrons. The standard InChI is InChI=1S/C31H33F3N4O6S/c1-3-44-25-14-20(2)13-21(15-25)22-16-27-30(35-18-22)37-12-11-36(28(39)7-8-29(40)41)10-9-24(37)19-38(27)45(42,43)26-6-4-5-23(17-26)31(32,33)34/h4-6,13-18,24H,3,7-12,19H2,1-2H3,(H,40,41)/t24-/m0/s1. The number of hydrogen-bond donors (Lipinski definition) is 1. The number of anilines is 2. The number of carboxylic acid groups (broad SMARTS) is 1. The van der Waals surface area contributed by atoms with Gasteiger partial charge in [-0.15, -0.1) is 0 Å². The number of aromatic nitrogens is 1. The van der Waals surface area contributed by atoms with E-state index in [1.165, 1.54) is 0 Å². The first-order chi connectivity index (χ1) is 21.3. The fourth-order valence-electron chi connectivity index (χ4n) is 5.72. The van der Waals surface area contributed by atoms with Crippen molar-refractivity contribution in [3.8, 4) is 16.9 Å². The number of fused-ring (bicyclic) bond motifs is 3. The van der Waals surface area contributed by atoms with Crippen LogP contribution in [0.5, 0.6) is 5.75 Å². The van der Waals surface area contributed by atoms with Crippen LogP contribution in [0.1, 0.15) is 37.3 Å². The second-order valence-electron chi connectivity index (χ2n) is 11.0. The number of carbonyl (C=O) groups is 2. The number of alkyl halides is 3. The highest BCUT2D eigenvalue weighted by molar-refractivity contribution is 7.92. The van der Waals surface area contributed by atoms with Crippen LogP contribution in [-0.4, -0.2) is 74.1 Å². The molecule has 0 unspecified atom stereocenters. The van der Waals surface area contributed by atoms with Crippen LogP contribution in [0.4, 0.5) is 24.7 Å². The van der Waals surface area contributed by atoms with Crippen LogP contribution in [-0.2, 0) is 25.8 Å². The van der Waals surface area contributed by atoms with E-state index in [9.17, 15) is 31.2 Å². The van der Waals surface area contributed by atoms with E-state index in [1.54, 1.807) is 17.2 Å². The number of benzene rings is 2. The highest BCUT2D eigenvalue weighted by Crippen LogP contribution is 2.42. The zero-order chi connectivity index (χ0) is 32.5. The summed E-state index contributed by atoms with van der Waals surface area (Å²) in [6, 6.07) is 10.4. The van der Waals surface area contributed by atoms with Gasteiger partial charge in [-0.2, -0.15) is 13.2 Å². The normalized spacial score (nSPS) is 16.9. The van der Waals surface area contributed by atoms with Gasteiger partial charge in [-0.05, 0) is 67.8 Å². The van der Waals surface area contributed by atoms with E-state index in [4.69, 9.17) is 9.84 Å². The maximum atomic E-state index is 14.1.